The van der Waals surface area contributed by atoms with Gasteiger partial charge in [0.1, 0.15) is 19.0 Å². The molecule has 1 N–H and O–H groups in total. The Morgan fingerprint density at radius 2 is 1.81 bits per heavy atom. The number of aliphatic imine (C=N–C) groups is 1. The normalized spacial score (nSPS) is 16.2. The Kier molecular flexibility index (Phi) is 6.46. The minimum absolute atomic E-state index is 0.0117. The molecule has 5 rings (SSSR count). The zero-order valence-electron chi connectivity index (χ0n) is 20.3. The highest BCUT2D eigenvalue weighted by molar-refractivity contribution is 7.90. The van der Waals surface area contributed by atoms with E-state index >= 15 is 0 Å². The number of ketones is 1. The first-order chi connectivity index (χ1) is 17.7. The fourth-order valence-corrected chi connectivity index (χ4v) is 5.67. The molecule has 11 heteroatoms. The number of amidine groups is 1. The molecular formula is C26H25N3O7S. The number of esters is 1. The molecule has 0 bridgehead atoms. The molecule has 2 aliphatic heterocycles. The number of rotatable bonds is 7. The Morgan fingerprint density at radius 3 is 2.62 bits per heavy atom. The molecule has 10 nitrogen and oxygen atoms in total. The van der Waals surface area contributed by atoms with Gasteiger partial charge in [-0.1, -0.05) is 12.1 Å². The standard InChI is InChI=1S/C26H25N3O7S/c1-16-13-20(17(2)29(16)18-7-8-22-23(14-18)35-12-11-34-22)21(30)15-36-25(31)9-10-27-26-19-5-3-4-6-24(19)37(32,33)28-26/h3-8,13-14H,9-12,15H2,1-2H3,(H,27,28). The molecule has 0 saturated carbocycles. The lowest BCUT2D eigenvalue weighted by molar-refractivity contribution is -0.142. The number of benzene rings is 2. The Morgan fingerprint density at radius 1 is 1.05 bits per heavy atom. The van der Waals surface area contributed by atoms with Crippen molar-refractivity contribution in [2.24, 2.45) is 4.99 Å². The average molecular weight is 524 g/mol. The first-order valence-electron chi connectivity index (χ1n) is 11.7. The van der Waals surface area contributed by atoms with Crippen LogP contribution in [0, 0.1) is 13.8 Å². The number of sulfonamides is 1. The first-order valence-corrected chi connectivity index (χ1v) is 13.2. The third-order valence-electron chi connectivity index (χ3n) is 6.13. The van der Waals surface area contributed by atoms with Gasteiger partial charge < -0.3 is 18.8 Å². The number of fused-ring (bicyclic) bond motifs is 2. The van der Waals surface area contributed by atoms with Gasteiger partial charge >= 0.3 is 5.97 Å². The monoisotopic (exact) mass is 523 g/mol. The van der Waals surface area contributed by atoms with Gasteiger partial charge in [-0.05, 0) is 44.2 Å². The van der Waals surface area contributed by atoms with Crippen LogP contribution < -0.4 is 14.2 Å². The van der Waals surface area contributed by atoms with Crippen LogP contribution in [-0.2, 0) is 19.6 Å². The van der Waals surface area contributed by atoms with Gasteiger partial charge in [0.15, 0.2) is 18.1 Å². The van der Waals surface area contributed by atoms with Crippen LogP contribution in [0.2, 0.25) is 0 Å². The van der Waals surface area contributed by atoms with Crippen molar-refractivity contribution in [3.8, 4) is 17.2 Å². The molecule has 0 aliphatic carbocycles. The number of Topliss-reactive ketones (excluding diaryl/α,β-unsaturated/α-hetero) is 1. The number of aryl methyl sites for hydroxylation is 1. The molecule has 3 aromatic rings. The quantitative estimate of drug-likeness (QED) is 0.373. The molecular weight excluding hydrogens is 498 g/mol. The highest BCUT2D eigenvalue weighted by Crippen LogP contribution is 2.33. The predicted molar refractivity (Wildman–Crippen MR) is 134 cm³/mol. The van der Waals surface area contributed by atoms with Crippen LogP contribution in [0.3, 0.4) is 0 Å². The van der Waals surface area contributed by atoms with Crippen LogP contribution in [0.15, 0.2) is 58.4 Å². The molecule has 0 fully saturated rings. The number of ether oxygens (including phenoxy) is 3. The molecule has 192 valence electrons. The van der Waals surface area contributed by atoms with Gasteiger partial charge in [-0.3, -0.25) is 19.3 Å². The highest BCUT2D eigenvalue weighted by Gasteiger charge is 2.30. The lowest BCUT2D eigenvalue weighted by Gasteiger charge is -2.20. The molecule has 1 aromatic heterocycles. The van der Waals surface area contributed by atoms with Crippen molar-refractivity contribution in [2.45, 2.75) is 25.2 Å². The summed E-state index contributed by atoms with van der Waals surface area (Å²) in [4.78, 5) is 29.4. The summed E-state index contributed by atoms with van der Waals surface area (Å²) in [6.07, 6.45) is -0.100. The second-order valence-corrected chi connectivity index (χ2v) is 10.3. The van der Waals surface area contributed by atoms with Crippen LogP contribution in [-0.4, -0.2) is 56.9 Å². The zero-order chi connectivity index (χ0) is 26.2. The molecule has 0 radical (unpaired) electrons. The average Bonchev–Trinajstić information content (AvgIpc) is 3.33. The number of carbonyl (C=O) groups excluding carboxylic acids is 2. The maximum atomic E-state index is 12.9. The fraction of sp³-hybridized carbons (Fsp3) is 0.269. The second-order valence-electron chi connectivity index (χ2n) is 8.61. The first kappa shape index (κ1) is 24.6. The van der Waals surface area contributed by atoms with E-state index in [0.29, 0.717) is 41.5 Å². The van der Waals surface area contributed by atoms with Crippen LogP contribution in [0.25, 0.3) is 5.69 Å². The van der Waals surface area contributed by atoms with Crippen molar-refractivity contribution in [3.05, 3.63) is 71.0 Å². The summed E-state index contributed by atoms with van der Waals surface area (Å²) in [6, 6.07) is 13.8. The summed E-state index contributed by atoms with van der Waals surface area (Å²) in [5, 5.41) is 0. The van der Waals surface area contributed by atoms with Gasteiger partial charge in [0.2, 0.25) is 5.78 Å². The van der Waals surface area contributed by atoms with Crippen molar-refractivity contribution in [1.82, 2.24) is 9.29 Å². The van der Waals surface area contributed by atoms with Crippen molar-refractivity contribution >= 4 is 27.6 Å². The van der Waals surface area contributed by atoms with E-state index in [0.717, 1.165) is 11.4 Å². The van der Waals surface area contributed by atoms with Gasteiger partial charge in [0.25, 0.3) is 10.0 Å². The fourth-order valence-electron chi connectivity index (χ4n) is 4.42. The number of aromatic nitrogens is 1. The molecule has 0 atom stereocenters. The smallest absolute Gasteiger partial charge is 0.308 e. The predicted octanol–water partition coefficient (Wildman–Crippen LogP) is 2.72. The topological polar surface area (TPSA) is 125 Å². The molecule has 37 heavy (non-hydrogen) atoms. The van der Waals surface area contributed by atoms with Crippen molar-refractivity contribution in [3.63, 3.8) is 0 Å². The van der Waals surface area contributed by atoms with Gasteiger partial charge in [-0.25, -0.2) is 8.42 Å². The molecule has 0 spiro atoms. The summed E-state index contributed by atoms with van der Waals surface area (Å²) >= 11 is 0. The number of hydrogen-bond donors (Lipinski definition) is 1. The Balaban J connectivity index is 1.20. The number of nitrogens with zero attached hydrogens (tertiary/aromatic N) is 2. The van der Waals surface area contributed by atoms with Gasteiger partial charge in [-0.2, -0.15) is 0 Å². The van der Waals surface area contributed by atoms with Gasteiger partial charge in [0, 0.05) is 34.3 Å². The largest absolute Gasteiger partial charge is 0.486 e. The van der Waals surface area contributed by atoms with Gasteiger partial charge in [-0.15, -0.1) is 0 Å². The van der Waals surface area contributed by atoms with Crippen LogP contribution in [0.5, 0.6) is 11.5 Å². The lowest BCUT2D eigenvalue weighted by atomic mass is 10.1. The van der Waals surface area contributed by atoms with E-state index in [1.807, 2.05) is 36.6 Å². The van der Waals surface area contributed by atoms with Crippen LogP contribution in [0.4, 0.5) is 0 Å². The highest BCUT2D eigenvalue weighted by atomic mass is 32.2. The SMILES string of the molecule is Cc1cc(C(=O)COC(=O)CCN=C2NS(=O)(=O)c3ccccc32)c(C)n1-c1ccc2c(c1)OCCO2. The Hall–Kier alpha value is -4.12. The molecule has 2 aromatic carbocycles. The maximum Gasteiger partial charge on any atom is 0.308 e. The minimum Gasteiger partial charge on any atom is -0.486 e. The summed E-state index contributed by atoms with van der Waals surface area (Å²) in [7, 11) is -3.64. The summed E-state index contributed by atoms with van der Waals surface area (Å²) in [6.45, 7) is 4.31. The third-order valence-corrected chi connectivity index (χ3v) is 7.53. The van der Waals surface area contributed by atoms with Crippen molar-refractivity contribution < 1.29 is 32.2 Å². The minimum atomic E-state index is -3.64. The van der Waals surface area contributed by atoms with E-state index in [-0.39, 0.29) is 29.5 Å². The zero-order valence-corrected chi connectivity index (χ0v) is 21.1. The Labute approximate surface area is 213 Å². The van der Waals surface area contributed by atoms with E-state index in [1.165, 1.54) is 6.07 Å². The van der Waals surface area contributed by atoms with Crippen LogP contribution in [0.1, 0.15) is 33.7 Å². The van der Waals surface area contributed by atoms with E-state index in [4.69, 9.17) is 14.2 Å². The summed E-state index contributed by atoms with van der Waals surface area (Å²) < 4.78 is 45.0. The van der Waals surface area contributed by atoms with Gasteiger partial charge in [0.05, 0.1) is 17.9 Å². The lowest BCUT2D eigenvalue weighted by Crippen LogP contribution is -2.22. The summed E-state index contributed by atoms with van der Waals surface area (Å²) in [5.41, 5.74) is 3.31. The number of hydrogen-bond acceptors (Lipinski definition) is 8. The number of carbonyl (C=O) groups is 2. The Bertz CT molecular complexity index is 1540. The van der Waals surface area contributed by atoms with E-state index in [9.17, 15) is 18.0 Å². The third kappa shape index (κ3) is 4.82. The van der Waals surface area contributed by atoms with E-state index in [2.05, 4.69) is 9.71 Å². The molecule has 2 aliphatic rings. The van der Waals surface area contributed by atoms with Crippen molar-refractivity contribution in [1.29, 1.82) is 0 Å². The number of nitrogens with one attached hydrogen (secondary N) is 1. The van der Waals surface area contributed by atoms with Crippen LogP contribution >= 0.6 is 0 Å². The summed E-state index contributed by atoms with van der Waals surface area (Å²) in [5.74, 6) is 0.587. The maximum absolute atomic E-state index is 12.9. The van der Waals surface area contributed by atoms with E-state index in [1.54, 1.807) is 24.3 Å². The second kappa shape index (κ2) is 9.74. The molecule has 0 saturated heterocycles. The molecule has 0 amide bonds. The van der Waals surface area contributed by atoms with Crippen molar-refractivity contribution in [2.75, 3.05) is 26.4 Å². The van der Waals surface area contributed by atoms with E-state index < -0.39 is 22.6 Å². The molecule has 0 unspecified atom stereocenters. The molecule has 3 heterocycles.